The van der Waals surface area contributed by atoms with Crippen molar-refractivity contribution in [3.8, 4) is 5.75 Å². The highest BCUT2D eigenvalue weighted by Crippen LogP contribution is 2.20. The van der Waals surface area contributed by atoms with Gasteiger partial charge in [0.1, 0.15) is 18.2 Å². The molecule has 0 aliphatic heterocycles. The minimum Gasteiger partial charge on any atom is -0.492 e. The van der Waals surface area contributed by atoms with Crippen molar-refractivity contribution in [2.75, 3.05) is 26.2 Å². The molecule has 0 aromatic heterocycles. The van der Waals surface area contributed by atoms with E-state index in [0.717, 1.165) is 19.6 Å². The van der Waals surface area contributed by atoms with Gasteiger partial charge in [0.15, 0.2) is 0 Å². The highest BCUT2D eigenvalue weighted by Gasteiger charge is 2.03. The van der Waals surface area contributed by atoms with E-state index in [9.17, 15) is 4.39 Å². The van der Waals surface area contributed by atoms with Gasteiger partial charge in [0.2, 0.25) is 0 Å². The molecule has 0 saturated carbocycles. The van der Waals surface area contributed by atoms with Crippen LogP contribution in [0.15, 0.2) is 18.2 Å². The van der Waals surface area contributed by atoms with Crippen LogP contribution in [0.5, 0.6) is 5.75 Å². The average molecular weight is 246 g/mol. The first-order valence-electron chi connectivity index (χ1n) is 5.47. The van der Waals surface area contributed by atoms with Gasteiger partial charge in [0.25, 0.3) is 0 Å². The van der Waals surface area contributed by atoms with Crippen LogP contribution < -0.4 is 4.74 Å². The summed E-state index contributed by atoms with van der Waals surface area (Å²) in [6.45, 7) is 7.60. The standard InChI is InChI=1S/C12H17ClFNO/c1-3-15(4-2)7-8-16-10-5-6-11(13)12(14)9-10/h5-6,9H,3-4,7-8H2,1-2H3. The van der Waals surface area contributed by atoms with Crippen molar-refractivity contribution in [3.63, 3.8) is 0 Å². The first kappa shape index (κ1) is 13.3. The molecule has 0 fully saturated rings. The molecule has 0 aliphatic rings. The zero-order valence-electron chi connectivity index (χ0n) is 9.67. The molecule has 0 heterocycles. The molecular weight excluding hydrogens is 229 g/mol. The number of ether oxygens (including phenoxy) is 1. The Morgan fingerprint density at radius 3 is 2.56 bits per heavy atom. The van der Waals surface area contributed by atoms with Crippen molar-refractivity contribution in [2.45, 2.75) is 13.8 Å². The van der Waals surface area contributed by atoms with Crippen LogP contribution >= 0.6 is 11.6 Å². The normalized spacial score (nSPS) is 10.8. The quantitative estimate of drug-likeness (QED) is 0.763. The summed E-state index contributed by atoms with van der Waals surface area (Å²) in [5.74, 6) is 0.0797. The molecule has 0 aliphatic carbocycles. The lowest BCUT2D eigenvalue weighted by molar-refractivity contribution is 0.222. The minimum absolute atomic E-state index is 0.121. The summed E-state index contributed by atoms with van der Waals surface area (Å²) in [6, 6.07) is 4.49. The molecule has 4 heteroatoms. The Kier molecular flexibility index (Phi) is 5.56. The molecule has 0 unspecified atom stereocenters. The largest absolute Gasteiger partial charge is 0.492 e. The fourth-order valence-corrected chi connectivity index (χ4v) is 1.52. The average Bonchev–Trinajstić information content (AvgIpc) is 2.29. The van der Waals surface area contributed by atoms with E-state index >= 15 is 0 Å². The number of hydrogen-bond acceptors (Lipinski definition) is 2. The van der Waals surface area contributed by atoms with E-state index in [-0.39, 0.29) is 5.02 Å². The van der Waals surface area contributed by atoms with E-state index in [0.29, 0.717) is 12.4 Å². The van der Waals surface area contributed by atoms with Gasteiger partial charge in [-0.05, 0) is 25.2 Å². The van der Waals surface area contributed by atoms with E-state index in [1.54, 1.807) is 6.07 Å². The zero-order valence-corrected chi connectivity index (χ0v) is 10.4. The fourth-order valence-electron chi connectivity index (χ4n) is 1.40. The van der Waals surface area contributed by atoms with Gasteiger partial charge in [0, 0.05) is 12.6 Å². The van der Waals surface area contributed by atoms with Crippen LogP contribution in [0.2, 0.25) is 5.02 Å². The van der Waals surface area contributed by atoms with Gasteiger partial charge >= 0.3 is 0 Å². The molecular formula is C12H17ClFNO. The number of benzene rings is 1. The summed E-state index contributed by atoms with van der Waals surface area (Å²) >= 11 is 5.57. The zero-order chi connectivity index (χ0) is 12.0. The second kappa shape index (κ2) is 6.71. The molecule has 0 radical (unpaired) electrons. The third-order valence-electron chi connectivity index (χ3n) is 2.46. The Morgan fingerprint density at radius 2 is 2.00 bits per heavy atom. The van der Waals surface area contributed by atoms with Crippen LogP contribution in [0.1, 0.15) is 13.8 Å². The fraction of sp³-hybridized carbons (Fsp3) is 0.500. The van der Waals surface area contributed by atoms with Crippen molar-refractivity contribution >= 4 is 11.6 Å². The first-order chi connectivity index (χ1) is 7.67. The summed E-state index contributed by atoms with van der Waals surface area (Å²) in [5, 5.41) is 0.121. The Morgan fingerprint density at radius 1 is 1.31 bits per heavy atom. The van der Waals surface area contributed by atoms with Gasteiger partial charge in [-0.3, -0.25) is 0 Å². The third kappa shape index (κ3) is 3.99. The predicted octanol–water partition coefficient (Wildman–Crippen LogP) is 3.20. The Labute approximate surface area is 101 Å². The topological polar surface area (TPSA) is 12.5 Å². The molecule has 0 amide bonds. The molecule has 90 valence electrons. The number of rotatable bonds is 6. The van der Waals surface area contributed by atoms with Crippen molar-refractivity contribution < 1.29 is 9.13 Å². The molecule has 0 saturated heterocycles. The maximum Gasteiger partial charge on any atom is 0.145 e. The molecule has 0 atom stereocenters. The minimum atomic E-state index is -0.443. The monoisotopic (exact) mass is 245 g/mol. The molecule has 1 aromatic rings. The Balaban J connectivity index is 2.40. The van der Waals surface area contributed by atoms with E-state index in [1.807, 2.05) is 0 Å². The predicted molar refractivity (Wildman–Crippen MR) is 64.7 cm³/mol. The van der Waals surface area contributed by atoms with Gasteiger partial charge in [-0.25, -0.2) is 4.39 Å². The highest BCUT2D eigenvalue weighted by molar-refractivity contribution is 6.30. The van der Waals surface area contributed by atoms with Crippen molar-refractivity contribution in [2.24, 2.45) is 0 Å². The molecule has 1 rings (SSSR count). The van der Waals surface area contributed by atoms with E-state index in [4.69, 9.17) is 16.3 Å². The molecule has 0 bridgehead atoms. The van der Waals surface area contributed by atoms with Crippen molar-refractivity contribution in [3.05, 3.63) is 29.0 Å². The van der Waals surface area contributed by atoms with Crippen molar-refractivity contribution in [1.82, 2.24) is 4.90 Å². The smallest absolute Gasteiger partial charge is 0.145 e. The summed E-state index contributed by atoms with van der Waals surface area (Å²) in [6.07, 6.45) is 0. The van der Waals surface area contributed by atoms with E-state index < -0.39 is 5.82 Å². The summed E-state index contributed by atoms with van der Waals surface area (Å²) in [4.78, 5) is 2.24. The summed E-state index contributed by atoms with van der Waals surface area (Å²) in [5.41, 5.74) is 0. The number of nitrogens with zero attached hydrogens (tertiary/aromatic N) is 1. The number of likely N-dealkylation sites (N-methyl/N-ethyl adjacent to an activating group) is 1. The van der Waals surface area contributed by atoms with Crippen LogP contribution in [-0.4, -0.2) is 31.1 Å². The maximum absolute atomic E-state index is 13.1. The summed E-state index contributed by atoms with van der Waals surface area (Å²) < 4.78 is 18.5. The maximum atomic E-state index is 13.1. The number of halogens is 2. The van der Waals surface area contributed by atoms with E-state index in [2.05, 4.69) is 18.7 Å². The lowest BCUT2D eigenvalue weighted by atomic mass is 10.3. The highest BCUT2D eigenvalue weighted by atomic mass is 35.5. The molecule has 1 aromatic carbocycles. The van der Waals surface area contributed by atoms with Gasteiger partial charge in [-0.1, -0.05) is 25.4 Å². The lowest BCUT2D eigenvalue weighted by Gasteiger charge is -2.17. The molecule has 16 heavy (non-hydrogen) atoms. The van der Waals surface area contributed by atoms with Gasteiger partial charge in [-0.15, -0.1) is 0 Å². The van der Waals surface area contributed by atoms with Crippen LogP contribution in [-0.2, 0) is 0 Å². The molecule has 2 nitrogen and oxygen atoms in total. The van der Waals surface area contributed by atoms with Crippen molar-refractivity contribution in [1.29, 1.82) is 0 Å². The van der Waals surface area contributed by atoms with Crippen LogP contribution in [0.25, 0.3) is 0 Å². The Bertz CT molecular complexity index is 329. The van der Waals surface area contributed by atoms with Crippen LogP contribution in [0.3, 0.4) is 0 Å². The Hall–Kier alpha value is -0.800. The molecule has 0 N–H and O–H groups in total. The van der Waals surface area contributed by atoms with Gasteiger partial charge in [-0.2, -0.15) is 0 Å². The summed E-state index contributed by atoms with van der Waals surface area (Å²) in [7, 11) is 0. The van der Waals surface area contributed by atoms with Crippen LogP contribution in [0.4, 0.5) is 4.39 Å². The lowest BCUT2D eigenvalue weighted by Crippen LogP contribution is -2.27. The van der Waals surface area contributed by atoms with E-state index in [1.165, 1.54) is 12.1 Å². The van der Waals surface area contributed by atoms with Gasteiger partial charge < -0.3 is 9.64 Å². The van der Waals surface area contributed by atoms with Gasteiger partial charge in [0.05, 0.1) is 5.02 Å². The third-order valence-corrected chi connectivity index (χ3v) is 2.77. The first-order valence-corrected chi connectivity index (χ1v) is 5.85. The van der Waals surface area contributed by atoms with Crippen LogP contribution in [0, 0.1) is 5.82 Å². The second-order valence-corrected chi connectivity index (χ2v) is 3.86. The SMILES string of the molecule is CCN(CC)CCOc1ccc(Cl)c(F)c1. The molecule has 0 spiro atoms. The number of hydrogen-bond donors (Lipinski definition) is 0. The second-order valence-electron chi connectivity index (χ2n) is 3.45.